The van der Waals surface area contributed by atoms with Gasteiger partial charge in [0.25, 0.3) is 5.91 Å². The van der Waals surface area contributed by atoms with E-state index in [4.69, 9.17) is 15.2 Å². The summed E-state index contributed by atoms with van der Waals surface area (Å²) in [7, 11) is 0. The summed E-state index contributed by atoms with van der Waals surface area (Å²) in [5.41, 5.74) is 7.52. The molecule has 2 fully saturated rings. The van der Waals surface area contributed by atoms with E-state index in [0.717, 1.165) is 64.2 Å². The zero-order valence-electron chi connectivity index (χ0n) is 18.1. The maximum absolute atomic E-state index is 12.8. The lowest BCUT2D eigenvalue weighted by molar-refractivity contribution is -0.0704. The van der Waals surface area contributed by atoms with Crippen molar-refractivity contribution in [2.45, 2.75) is 58.0 Å². The van der Waals surface area contributed by atoms with Crippen LogP contribution in [-0.4, -0.2) is 73.3 Å². The molecule has 2 N–H and O–H groups in total. The zero-order chi connectivity index (χ0) is 19.9. The van der Waals surface area contributed by atoms with Crippen molar-refractivity contribution in [2.24, 2.45) is 5.73 Å². The average molecular weight is 462 g/mol. The maximum atomic E-state index is 12.8. The Morgan fingerprint density at radius 1 is 1.10 bits per heavy atom. The van der Waals surface area contributed by atoms with Gasteiger partial charge in [0, 0.05) is 44.9 Å². The molecule has 1 amide bonds. The Morgan fingerprint density at radius 3 is 2.27 bits per heavy atom. The topological polar surface area (TPSA) is 68.0 Å². The molecular formula is C22H37Cl2N3O3. The van der Waals surface area contributed by atoms with Crippen LogP contribution in [0, 0.1) is 0 Å². The predicted molar refractivity (Wildman–Crippen MR) is 125 cm³/mol. The SMILES string of the molecule is CC1CN(Cc2ccc(C(=O)N3CCC(OCCCN)CC3)cc2)CC(C)O1.Cl.Cl. The van der Waals surface area contributed by atoms with E-state index in [1.54, 1.807) is 0 Å². The standard InChI is InChI=1S/C22H35N3O3.2ClH/c1-17-14-24(15-18(2)28-17)16-19-4-6-20(7-5-19)22(26)25-11-8-21(9-12-25)27-13-3-10-23;;/h4-7,17-18,21H,3,8-16,23H2,1-2H3;2*1H. The van der Waals surface area contributed by atoms with Gasteiger partial charge in [0.05, 0.1) is 18.3 Å². The summed E-state index contributed by atoms with van der Waals surface area (Å²) in [6.45, 7) is 9.95. The number of benzene rings is 1. The second-order valence-corrected chi connectivity index (χ2v) is 8.15. The van der Waals surface area contributed by atoms with E-state index in [2.05, 4.69) is 30.9 Å². The normalized spacial score (nSPS) is 22.8. The third kappa shape index (κ3) is 7.98. The maximum Gasteiger partial charge on any atom is 0.253 e. The van der Waals surface area contributed by atoms with Gasteiger partial charge in [-0.2, -0.15) is 0 Å². The van der Waals surface area contributed by atoms with E-state index in [0.29, 0.717) is 6.54 Å². The number of halogens is 2. The summed E-state index contributed by atoms with van der Waals surface area (Å²) < 4.78 is 11.6. The number of amides is 1. The summed E-state index contributed by atoms with van der Waals surface area (Å²) in [6.07, 6.45) is 3.51. The molecule has 0 radical (unpaired) electrons. The molecular weight excluding hydrogens is 425 g/mol. The van der Waals surface area contributed by atoms with Crippen molar-refractivity contribution in [3.8, 4) is 0 Å². The van der Waals surface area contributed by atoms with Gasteiger partial charge in [-0.3, -0.25) is 9.69 Å². The molecule has 30 heavy (non-hydrogen) atoms. The minimum Gasteiger partial charge on any atom is -0.378 e. The second kappa shape index (κ2) is 13.5. The lowest BCUT2D eigenvalue weighted by Crippen LogP contribution is -2.44. The molecule has 2 atom stereocenters. The Morgan fingerprint density at radius 2 is 1.70 bits per heavy atom. The third-order valence-electron chi connectivity index (χ3n) is 5.53. The van der Waals surface area contributed by atoms with Crippen LogP contribution in [0.4, 0.5) is 0 Å². The molecule has 2 heterocycles. The van der Waals surface area contributed by atoms with Crippen LogP contribution in [0.2, 0.25) is 0 Å². The van der Waals surface area contributed by atoms with Crippen LogP contribution >= 0.6 is 24.8 Å². The van der Waals surface area contributed by atoms with E-state index in [1.807, 2.05) is 17.0 Å². The first-order valence-electron chi connectivity index (χ1n) is 10.6. The predicted octanol–water partition coefficient (Wildman–Crippen LogP) is 3.11. The summed E-state index contributed by atoms with van der Waals surface area (Å²) in [5, 5.41) is 0. The lowest BCUT2D eigenvalue weighted by Gasteiger charge is -2.35. The van der Waals surface area contributed by atoms with E-state index in [1.165, 1.54) is 5.56 Å². The van der Waals surface area contributed by atoms with Crippen molar-refractivity contribution in [1.29, 1.82) is 0 Å². The molecule has 3 rings (SSSR count). The van der Waals surface area contributed by atoms with Gasteiger partial charge in [0.1, 0.15) is 0 Å². The van der Waals surface area contributed by atoms with Crippen LogP contribution in [0.3, 0.4) is 0 Å². The molecule has 6 nitrogen and oxygen atoms in total. The van der Waals surface area contributed by atoms with Gasteiger partial charge in [-0.1, -0.05) is 12.1 Å². The van der Waals surface area contributed by atoms with Crippen molar-refractivity contribution in [3.05, 3.63) is 35.4 Å². The number of rotatable bonds is 7. The number of piperidine rings is 1. The van der Waals surface area contributed by atoms with Crippen LogP contribution in [-0.2, 0) is 16.0 Å². The van der Waals surface area contributed by atoms with Crippen LogP contribution in [0.25, 0.3) is 0 Å². The summed E-state index contributed by atoms with van der Waals surface area (Å²) in [5.74, 6) is 0.126. The molecule has 0 saturated carbocycles. The molecule has 0 aromatic heterocycles. The number of carbonyl (C=O) groups excluding carboxylic acids is 1. The van der Waals surface area contributed by atoms with Crippen molar-refractivity contribution in [2.75, 3.05) is 39.3 Å². The minimum atomic E-state index is 0. The number of ether oxygens (including phenoxy) is 2. The molecule has 2 saturated heterocycles. The smallest absolute Gasteiger partial charge is 0.253 e. The molecule has 0 aliphatic carbocycles. The Bertz CT molecular complexity index is 615. The first-order valence-corrected chi connectivity index (χ1v) is 10.6. The van der Waals surface area contributed by atoms with Crippen molar-refractivity contribution in [1.82, 2.24) is 9.80 Å². The van der Waals surface area contributed by atoms with Crippen molar-refractivity contribution < 1.29 is 14.3 Å². The molecule has 8 heteroatoms. The Labute approximate surface area is 193 Å². The average Bonchev–Trinajstić information content (AvgIpc) is 2.68. The Balaban J connectivity index is 0.00000225. The Kier molecular flexibility index (Phi) is 12.2. The molecule has 1 aromatic carbocycles. The van der Waals surface area contributed by atoms with Gasteiger partial charge in [-0.25, -0.2) is 0 Å². The number of hydrogen-bond donors (Lipinski definition) is 1. The van der Waals surface area contributed by atoms with E-state index in [-0.39, 0.29) is 49.0 Å². The summed E-state index contributed by atoms with van der Waals surface area (Å²) in [6, 6.07) is 8.10. The second-order valence-electron chi connectivity index (χ2n) is 8.15. The lowest BCUT2D eigenvalue weighted by atomic mass is 10.0. The van der Waals surface area contributed by atoms with Crippen molar-refractivity contribution in [3.63, 3.8) is 0 Å². The number of hydrogen-bond acceptors (Lipinski definition) is 5. The van der Waals surface area contributed by atoms with Crippen LogP contribution < -0.4 is 5.73 Å². The third-order valence-corrected chi connectivity index (χ3v) is 5.53. The summed E-state index contributed by atoms with van der Waals surface area (Å²) >= 11 is 0. The fourth-order valence-corrected chi connectivity index (χ4v) is 4.17. The minimum absolute atomic E-state index is 0. The highest BCUT2D eigenvalue weighted by molar-refractivity contribution is 5.94. The van der Waals surface area contributed by atoms with Gasteiger partial charge in [-0.15, -0.1) is 24.8 Å². The number of carbonyl (C=O) groups is 1. The zero-order valence-corrected chi connectivity index (χ0v) is 19.8. The monoisotopic (exact) mass is 461 g/mol. The number of morpholine rings is 1. The van der Waals surface area contributed by atoms with Gasteiger partial charge >= 0.3 is 0 Å². The fraction of sp³-hybridized carbons (Fsp3) is 0.682. The van der Waals surface area contributed by atoms with Crippen molar-refractivity contribution >= 4 is 30.7 Å². The first-order chi connectivity index (χ1) is 13.5. The van der Waals surface area contributed by atoms with Crippen LogP contribution in [0.5, 0.6) is 0 Å². The highest BCUT2D eigenvalue weighted by Gasteiger charge is 2.25. The largest absolute Gasteiger partial charge is 0.378 e. The highest BCUT2D eigenvalue weighted by Crippen LogP contribution is 2.18. The fourth-order valence-electron chi connectivity index (χ4n) is 4.17. The van der Waals surface area contributed by atoms with Gasteiger partial charge < -0.3 is 20.1 Å². The first kappa shape index (κ1) is 27.1. The van der Waals surface area contributed by atoms with E-state index >= 15 is 0 Å². The van der Waals surface area contributed by atoms with Crippen LogP contribution in [0.15, 0.2) is 24.3 Å². The van der Waals surface area contributed by atoms with Gasteiger partial charge in [0.2, 0.25) is 0 Å². The number of nitrogens with zero attached hydrogens (tertiary/aromatic N) is 2. The summed E-state index contributed by atoms with van der Waals surface area (Å²) in [4.78, 5) is 17.2. The molecule has 2 unspecified atom stereocenters. The Hall–Kier alpha value is -0.890. The van der Waals surface area contributed by atoms with E-state index < -0.39 is 0 Å². The quantitative estimate of drug-likeness (QED) is 0.631. The highest BCUT2D eigenvalue weighted by atomic mass is 35.5. The van der Waals surface area contributed by atoms with Gasteiger partial charge in [-0.05, 0) is 57.4 Å². The van der Waals surface area contributed by atoms with Crippen LogP contribution in [0.1, 0.15) is 49.0 Å². The molecule has 1 aromatic rings. The van der Waals surface area contributed by atoms with Gasteiger partial charge in [0.15, 0.2) is 0 Å². The molecule has 2 aliphatic rings. The van der Waals surface area contributed by atoms with E-state index in [9.17, 15) is 4.79 Å². The molecule has 2 aliphatic heterocycles. The number of nitrogens with two attached hydrogens (primary N) is 1. The number of likely N-dealkylation sites (tertiary alicyclic amines) is 1. The molecule has 172 valence electrons. The molecule has 0 spiro atoms. The molecule has 0 bridgehead atoms.